The lowest BCUT2D eigenvalue weighted by Gasteiger charge is -2.43. The number of allylic oxidation sites excluding steroid dienone is 4. The van der Waals surface area contributed by atoms with Gasteiger partial charge in [-0.15, -0.1) is 11.6 Å². The average Bonchev–Trinajstić information content (AvgIpc) is 2.60. The van der Waals surface area contributed by atoms with Gasteiger partial charge in [0.2, 0.25) is 0 Å². The number of Topliss-reactive ketones (excluding diaryl/α,β-unsaturated/α-hetero) is 2. The first kappa shape index (κ1) is 20.0. The summed E-state index contributed by atoms with van der Waals surface area (Å²) >= 11 is 6.14. The summed E-state index contributed by atoms with van der Waals surface area (Å²) in [5.74, 6) is -1.15. The number of aryl methyl sites for hydroxylation is 1. The Kier molecular flexibility index (Phi) is 5.22. The van der Waals surface area contributed by atoms with Gasteiger partial charge in [0.05, 0.1) is 5.38 Å². The van der Waals surface area contributed by atoms with Crippen LogP contribution in [0.15, 0.2) is 36.4 Å². The molecule has 0 N–H and O–H groups in total. The summed E-state index contributed by atoms with van der Waals surface area (Å²) in [6, 6.07) is 6.08. The molecule has 1 atom stereocenters. The molecule has 0 radical (unpaired) electrons. The molecule has 2 aliphatic rings. The molecule has 1 aliphatic heterocycles. The first-order valence-electron chi connectivity index (χ1n) is 9.51. The molecule has 1 aliphatic carbocycles. The maximum atomic E-state index is 13.2. The van der Waals surface area contributed by atoms with Gasteiger partial charge in [-0.1, -0.05) is 37.3 Å². The molecule has 1 heterocycles. The van der Waals surface area contributed by atoms with Gasteiger partial charge in [-0.2, -0.15) is 0 Å². The molecule has 0 aromatic heterocycles. The predicted molar refractivity (Wildman–Crippen MR) is 109 cm³/mol. The van der Waals surface area contributed by atoms with E-state index in [0.29, 0.717) is 0 Å². The number of ketones is 2. The highest BCUT2D eigenvalue weighted by Crippen LogP contribution is 2.40. The van der Waals surface area contributed by atoms with Gasteiger partial charge in [0, 0.05) is 0 Å². The fraction of sp³-hybridized carbons (Fsp3) is 0.478. The third kappa shape index (κ3) is 3.68. The minimum absolute atomic E-state index is 0.0170. The Labute approximate surface area is 166 Å². The predicted octanol–water partition coefficient (Wildman–Crippen LogP) is 5.01. The van der Waals surface area contributed by atoms with Crippen LogP contribution >= 0.6 is 11.6 Å². The van der Waals surface area contributed by atoms with Crippen molar-refractivity contribution < 1.29 is 14.3 Å². The summed E-state index contributed by atoms with van der Waals surface area (Å²) in [6.45, 7) is 9.04. The van der Waals surface area contributed by atoms with Crippen molar-refractivity contribution in [2.24, 2.45) is 0 Å². The maximum absolute atomic E-state index is 13.2. The standard InChI is InChI=1S/C23H27ClO3/c1-6-14-7-8-16(15-9-11-17(24)12-10-15)13-18(14)19-20(25)22(2,3)27-23(4,5)21(19)26/h7-11,13,17,19H,6,12H2,1-5H3. The van der Waals surface area contributed by atoms with E-state index in [4.69, 9.17) is 16.3 Å². The Morgan fingerprint density at radius 2 is 1.74 bits per heavy atom. The van der Waals surface area contributed by atoms with Gasteiger partial charge in [0.1, 0.15) is 17.1 Å². The van der Waals surface area contributed by atoms with Crippen LogP contribution in [0.5, 0.6) is 0 Å². The monoisotopic (exact) mass is 386 g/mol. The summed E-state index contributed by atoms with van der Waals surface area (Å²) in [4.78, 5) is 26.3. The summed E-state index contributed by atoms with van der Waals surface area (Å²) in [6.07, 6.45) is 7.61. The Balaban J connectivity index is 2.11. The second-order valence-electron chi connectivity index (χ2n) is 8.32. The molecule has 144 valence electrons. The molecular formula is C23H27ClO3. The lowest BCUT2D eigenvalue weighted by molar-refractivity contribution is -0.184. The third-order valence-electron chi connectivity index (χ3n) is 5.44. The van der Waals surface area contributed by atoms with Crippen molar-refractivity contribution in [3.63, 3.8) is 0 Å². The summed E-state index contributed by atoms with van der Waals surface area (Å²) in [7, 11) is 0. The smallest absolute Gasteiger partial charge is 0.179 e. The van der Waals surface area contributed by atoms with E-state index in [1.165, 1.54) is 0 Å². The van der Waals surface area contributed by atoms with E-state index in [1.807, 2.05) is 31.2 Å². The molecular weight excluding hydrogens is 360 g/mol. The number of halogens is 1. The highest BCUT2D eigenvalue weighted by Gasteiger charge is 2.53. The van der Waals surface area contributed by atoms with Gasteiger partial charge in [-0.05, 0) is 68.9 Å². The van der Waals surface area contributed by atoms with Crippen LogP contribution in [0.2, 0.25) is 0 Å². The molecule has 1 aromatic carbocycles. The van der Waals surface area contributed by atoms with Crippen LogP contribution in [0, 0.1) is 0 Å². The Hall–Kier alpha value is -1.71. The molecule has 1 saturated heterocycles. The fourth-order valence-electron chi connectivity index (χ4n) is 4.01. The van der Waals surface area contributed by atoms with E-state index in [-0.39, 0.29) is 16.9 Å². The van der Waals surface area contributed by atoms with Crippen molar-refractivity contribution >= 4 is 28.7 Å². The van der Waals surface area contributed by atoms with Gasteiger partial charge in [0.15, 0.2) is 11.6 Å². The number of benzene rings is 1. The highest BCUT2D eigenvalue weighted by molar-refractivity contribution is 6.22. The van der Waals surface area contributed by atoms with E-state index in [0.717, 1.165) is 35.1 Å². The van der Waals surface area contributed by atoms with Crippen molar-refractivity contribution in [3.05, 3.63) is 53.1 Å². The van der Waals surface area contributed by atoms with Gasteiger partial charge in [0.25, 0.3) is 0 Å². The lowest BCUT2D eigenvalue weighted by atomic mass is 9.73. The van der Waals surface area contributed by atoms with Gasteiger partial charge < -0.3 is 4.74 Å². The molecule has 0 saturated carbocycles. The van der Waals surface area contributed by atoms with E-state index in [2.05, 4.69) is 12.1 Å². The summed E-state index contributed by atoms with van der Waals surface area (Å²) in [5, 5.41) is 0.0170. The van der Waals surface area contributed by atoms with Crippen LogP contribution in [-0.4, -0.2) is 28.1 Å². The lowest BCUT2D eigenvalue weighted by Crippen LogP contribution is -2.58. The molecule has 27 heavy (non-hydrogen) atoms. The average molecular weight is 387 g/mol. The van der Waals surface area contributed by atoms with Gasteiger partial charge in [-0.3, -0.25) is 9.59 Å². The van der Waals surface area contributed by atoms with Crippen LogP contribution in [0.4, 0.5) is 0 Å². The van der Waals surface area contributed by atoms with Crippen LogP contribution < -0.4 is 0 Å². The van der Waals surface area contributed by atoms with Crippen molar-refractivity contribution in [2.45, 2.75) is 70.0 Å². The fourth-order valence-corrected chi connectivity index (χ4v) is 4.17. The number of ether oxygens (including phenoxy) is 1. The van der Waals surface area contributed by atoms with Crippen LogP contribution in [0.3, 0.4) is 0 Å². The zero-order chi connectivity index (χ0) is 20.0. The Morgan fingerprint density at radius 1 is 1.11 bits per heavy atom. The Morgan fingerprint density at radius 3 is 2.26 bits per heavy atom. The molecule has 3 nitrogen and oxygen atoms in total. The molecule has 0 bridgehead atoms. The van der Waals surface area contributed by atoms with E-state index < -0.39 is 17.1 Å². The van der Waals surface area contributed by atoms with E-state index in [1.54, 1.807) is 27.7 Å². The van der Waals surface area contributed by atoms with Crippen molar-refractivity contribution in [1.29, 1.82) is 0 Å². The molecule has 1 aromatic rings. The largest absolute Gasteiger partial charge is 0.354 e. The van der Waals surface area contributed by atoms with E-state index in [9.17, 15) is 9.59 Å². The molecule has 1 unspecified atom stereocenters. The zero-order valence-corrected chi connectivity index (χ0v) is 17.4. The zero-order valence-electron chi connectivity index (χ0n) is 16.6. The molecule has 4 heteroatoms. The van der Waals surface area contributed by atoms with Gasteiger partial charge in [-0.25, -0.2) is 0 Å². The number of hydrogen-bond donors (Lipinski definition) is 0. The van der Waals surface area contributed by atoms with E-state index >= 15 is 0 Å². The first-order valence-corrected chi connectivity index (χ1v) is 9.95. The molecule has 3 rings (SSSR count). The highest BCUT2D eigenvalue weighted by atomic mass is 35.5. The second-order valence-corrected chi connectivity index (χ2v) is 8.88. The minimum Gasteiger partial charge on any atom is -0.354 e. The number of hydrogen-bond acceptors (Lipinski definition) is 3. The SMILES string of the molecule is CCc1ccc(C2=CCC(Cl)C=C2)cc1C1C(=O)C(C)(C)OC(C)(C)C1=O. The third-order valence-corrected chi connectivity index (χ3v) is 5.76. The van der Waals surface area contributed by atoms with Crippen molar-refractivity contribution in [2.75, 3.05) is 0 Å². The van der Waals surface area contributed by atoms with Crippen LogP contribution in [-0.2, 0) is 20.7 Å². The second kappa shape index (κ2) is 7.03. The van der Waals surface area contributed by atoms with Gasteiger partial charge >= 0.3 is 0 Å². The Bertz CT molecular complexity index is 819. The number of carbonyl (C=O) groups is 2. The maximum Gasteiger partial charge on any atom is 0.179 e. The van der Waals surface area contributed by atoms with Crippen LogP contribution in [0.25, 0.3) is 5.57 Å². The quantitative estimate of drug-likeness (QED) is 0.541. The minimum atomic E-state index is -1.00. The summed E-state index contributed by atoms with van der Waals surface area (Å²) < 4.78 is 5.83. The van der Waals surface area contributed by atoms with Crippen molar-refractivity contribution in [3.8, 4) is 0 Å². The number of rotatable bonds is 3. The van der Waals surface area contributed by atoms with Crippen molar-refractivity contribution in [1.82, 2.24) is 0 Å². The molecule has 1 fully saturated rings. The number of alkyl halides is 1. The summed E-state index contributed by atoms with van der Waals surface area (Å²) in [5.41, 5.74) is 1.90. The number of carbonyl (C=O) groups excluding carboxylic acids is 2. The topological polar surface area (TPSA) is 43.4 Å². The van der Waals surface area contributed by atoms with Crippen LogP contribution in [0.1, 0.15) is 63.6 Å². The first-order chi connectivity index (χ1) is 12.6. The molecule has 0 amide bonds. The molecule has 0 spiro atoms. The normalized spacial score (nSPS) is 24.8.